The molecule has 1 aliphatic carbocycles. The van der Waals surface area contributed by atoms with E-state index in [4.69, 9.17) is 9.68 Å². The second-order valence-electron chi connectivity index (χ2n) is 8.80. The molecule has 5 nitrogen and oxygen atoms in total. The van der Waals surface area contributed by atoms with Gasteiger partial charge in [0.05, 0.1) is 17.9 Å². The molecule has 1 aromatic heterocycles. The second-order valence-corrected chi connectivity index (χ2v) is 8.80. The number of carbonyl (C=O) groups is 1. The van der Waals surface area contributed by atoms with Crippen molar-refractivity contribution >= 4 is 12.0 Å². The summed E-state index contributed by atoms with van der Waals surface area (Å²) in [6, 6.07) is 12.3. The second kappa shape index (κ2) is 10.5. The number of hydrogen-bond donors (Lipinski definition) is 1. The van der Waals surface area contributed by atoms with E-state index in [1.165, 1.54) is 30.4 Å². The van der Waals surface area contributed by atoms with Crippen LogP contribution in [0.3, 0.4) is 0 Å². The Bertz CT molecular complexity index is 934. The van der Waals surface area contributed by atoms with E-state index in [0.717, 1.165) is 56.8 Å². The zero-order valence-electron chi connectivity index (χ0n) is 18.1. The van der Waals surface area contributed by atoms with Crippen LogP contribution in [0.25, 0.3) is 6.08 Å². The number of nitriles is 1. The average molecular weight is 418 g/mol. The van der Waals surface area contributed by atoms with Crippen LogP contribution in [-0.2, 0) is 17.6 Å². The molecule has 0 unspecified atom stereocenters. The third-order valence-corrected chi connectivity index (χ3v) is 6.72. The van der Waals surface area contributed by atoms with E-state index < -0.39 is 0 Å². The highest BCUT2D eigenvalue weighted by Gasteiger charge is 2.23. The van der Waals surface area contributed by atoms with Crippen LogP contribution in [0.5, 0.6) is 0 Å². The average Bonchev–Trinajstić information content (AvgIpc) is 3.24. The van der Waals surface area contributed by atoms with E-state index in [9.17, 15) is 4.79 Å². The van der Waals surface area contributed by atoms with E-state index in [2.05, 4.69) is 28.4 Å². The van der Waals surface area contributed by atoms with E-state index in [-0.39, 0.29) is 11.9 Å². The van der Waals surface area contributed by atoms with Crippen LogP contribution in [0.1, 0.15) is 54.6 Å². The standard InChI is InChI=1S/C26H31N3O2/c27-19-21-3-6-22-12-15-29(16-13-23(22)18-21)14-11-20-4-7-24(8-5-20)28-26(30)10-9-25-2-1-17-31-25/h1-3,6,9-10,17-18,20,24H,4-5,7-8,11-16H2,(H,28,30)/b10-9+. The molecule has 2 aromatic rings. The fourth-order valence-corrected chi connectivity index (χ4v) is 4.82. The molecule has 1 N–H and O–H groups in total. The predicted octanol–water partition coefficient (Wildman–Crippen LogP) is 4.33. The number of rotatable bonds is 6. The van der Waals surface area contributed by atoms with Crippen molar-refractivity contribution in [1.82, 2.24) is 10.2 Å². The molecule has 5 heteroatoms. The third kappa shape index (κ3) is 6.08. The molecule has 1 saturated carbocycles. The van der Waals surface area contributed by atoms with Crippen molar-refractivity contribution in [3.63, 3.8) is 0 Å². The van der Waals surface area contributed by atoms with Gasteiger partial charge in [0.15, 0.2) is 0 Å². The highest BCUT2D eigenvalue weighted by Crippen LogP contribution is 2.27. The number of hydrogen-bond acceptors (Lipinski definition) is 4. The molecular formula is C26H31N3O2. The fraction of sp³-hybridized carbons (Fsp3) is 0.462. The lowest BCUT2D eigenvalue weighted by Crippen LogP contribution is -2.37. The minimum absolute atomic E-state index is 0.0384. The van der Waals surface area contributed by atoms with Crippen molar-refractivity contribution in [2.75, 3.05) is 19.6 Å². The molecule has 1 aliphatic heterocycles. The molecule has 1 amide bonds. The largest absolute Gasteiger partial charge is 0.465 e. The van der Waals surface area contributed by atoms with Gasteiger partial charge in [0.1, 0.15) is 5.76 Å². The zero-order valence-corrected chi connectivity index (χ0v) is 18.1. The molecule has 0 saturated heterocycles. The lowest BCUT2D eigenvalue weighted by Gasteiger charge is -2.30. The minimum atomic E-state index is -0.0384. The van der Waals surface area contributed by atoms with E-state index in [1.807, 2.05) is 18.2 Å². The molecule has 1 aromatic carbocycles. The number of fused-ring (bicyclic) bond motifs is 1. The Hall–Kier alpha value is -2.84. The first-order chi connectivity index (χ1) is 15.2. The zero-order chi connectivity index (χ0) is 21.5. The van der Waals surface area contributed by atoms with Crippen LogP contribution < -0.4 is 5.32 Å². The van der Waals surface area contributed by atoms with Gasteiger partial charge in [-0.1, -0.05) is 6.07 Å². The fourth-order valence-electron chi connectivity index (χ4n) is 4.82. The van der Waals surface area contributed by atoms with Gasteiger partial charge in [0.25, 0.3) is 0 Å². The summed E-state index contributed by atoms with van der Waals surface area (Å²) >= 11 is 0. The van der Waals surface area contributed by atoms with Gasteiger partial charge in [-0.15, -0.1) is 0 Å². The lowest BCUT2D eigenvalue weighted by atomic mass is 9.84. The smallest absolute Gasteiger partial charge is 0.244 e. The molecule has 162 valence electrons. The Kier molecular flexibility index (Phi) is 7.22. The Morgan fingerprint density at radius 3 is 2.71 bits per heavy atom. The van der Waals surface area contributed by atoms with Crippen LogP contribution in [0.4, 0.5) is 0 Å². The van der Waals surface area contributed by atoms with Gasteiger partial charge in [-0.05, 0) is 98.9 Å². The van der Waals surface area contributed by atoms with Gasteiger partial charge >= 0.3 is 0 Å². The van der Waals surface area contributed by atoms with Crippen molar-refractivity contribution in [2.24, 2.45) is 5.92 Å². The van der Waals surface area contributed by atoms with Crippen molar-refractivity contribution in [2.45, 2.75) is 51.0 Å². The number of nitrogens with zero attached hydrogens (tertiary/aromatic N) is 2. The summed E-state index contributed by atoms with van der Waals surface area (Å²) in [5.74, 6) is 1.41. The summed E-state index contributed by atoms with van der Waals surface area (Å²) in [7, 11) is 0. The van der Waals surface area contributed by atoms with Crippen LogP contribution in [-0.4, -0.2) is 36.5 Å². The highest BCUT2D eigenvalue weighted by atomic mass is 16.3. The third-order valence-electron chi connectivity index (χ3n) is 6.72. The van der Waals surface area contributed by atoms with Gasteiger partial charge in [-0.2, -0.15) is 5.26 Å². The predicted molar refractivity (Wildman–Crippen MR) is 121 cm³/mol. The first-order valence-electron chi connectivity index (χ1n) is 11.5. The normalized spacial score (nSPS) is 21.9. The summed E-state index contributed by atoms with van der Waals surface area (Å²) in [5.41, 5.74) is 3.52. The topological polar surface area (TPSA) is 69.3 Å². The Morgan fingerprint density at radius 2 is 1.97 bits per heavy atom. The maximum atomic E-state index is 12.1. The van der Waals surface area contributed by atoms with Crippen molar-refractivity contribution in [3.05, 3.63) is 65.1 Å². The van der Waals surface area contributed by atoms with Gasteiger partial charge in [-0.3, -0.25) is 4.79 Å². The van der Waals surface area contributed by atoms with Gasteiger partial charge in [0.2, 0.25) is 5.91 Å². The first kappa shape index (κ1) is 21.4. The maximum absolute atomic E-state index is 12.1. The van der Waals surface area contributed by atoms with Gasteiger partial charge in [-0.25, -0.2) is 0 Å². The first-order valence-corrected chi connectivity index (χ1v) is 11.5. The lowest BCUT2D eigenvalue weighted by molar-refractivity contribution is -0.117. The highest BCUT2D eigenvalue weighted by molar-refractivity contribution is 5.91. The molecule has 0 radical (unpaired) electrons. The van der Waals surface area contributed by atoms with E-state index in [1.54, 1.807) is 18.4 Å². The maximum Gasteiger partial charge on any atom is 0.244 e. The molecule has 1 fully saturated rings. The number of amides is 1. The van der Waals surface area contributed by atoms with Crippen molar-refractivity contribution in [1.29, 1.82) is 5.26 Å². The van der Waals surface area contributed by atoms with Gasteiger partial charge < -0.3 is 14.6 Å². The summed E-state index contributed by atoms with van der Waals surface area (Å²) < 4.78 is 5.22. The Balaban J connectivity index is 1.16. The summed E-state index contributed by atoms with van der Waals surface area (Å²) in [5, 5.41) is 12.3. The molecule has 31 heavy (non-hydrogen) atoms. The van der Waals surface area contributed by atoms with E-state index in [0.29, 0.717) is 5.76 Å². The SMILES string of the molecule is N#Cc1ccc2c(c1)CCN(CCC1CCC(NC(=O)/C=C/c3ccco3)CC1)CC2. The Labute approximate surface area is 184 Å². The monoisotopic (exact) mass is 417 g/mol. The van der Waals surface area contributed by atoms with Crippen LogP contribution >= 0.6 is 0 Å². The van der Waals surface area contributed by atoms with Crippen LogP contribution in [0.2, 0.25) is 0 Å². The number of furan rings is 1. The summed E-state index contributed by atoms with van der Waals surface area (Å²) in [6.07, 6.45) is 12.7. The number of benzene rings is 1. The van der Waals surface area contributed by atoms with Gasteiger partial charge in [0, 0.05) is 25.2 Å². The molecule has 0 bridgehead atoms. The van der Waals surface area contributed by atoms with Crippen LogP contribution in [0, 0.1) is 17.2 Å². The summed E-state index contributed by atoms with van der Waals surface area (Å²) in [6.45, 7) is 3.33. The Morgan fingerprint density at radius 1 is 1.16 bits per heavy atom. The molecule has 2 heterocycles. The molecular weight excluding hydrogens is 386 g/mol. The van der Waals surface area contributed by atoms with E-state index >= 15 is 0 Å². The molecule has 2 aliphatic rings. The number of nitrogens with one attached hydrogen (secondary N) is 1. The molecule has 0 atom stereocenters. The quantitative estimate of drug-likeness (QED) is 0.710. The number of carbonyl (C=O) groups excluding carboxylic acids is 1. The van der Waals surface area contributed by atoms with Crippen molar-refractivity contribution < 1.29 is 9.21 Å². The summed E-state index contributed by atoms with van der Waals surface area (Å²) in [4.78, 5) is 14.7. The molecule has 0 spiro atoms. The van der Waals surface area contributed by atoms with Crippen LogP contribution in [0.15, 0.2) is 47.1 Å². The van der Waals surface area contributed by atoms with Crippen molar-refractivity contribution in [3.8, 4) is 6.07 Å². The molecule has 4 rings (SSSR count). The minimum Gasteiger partial charge on any atom is -0.465 e.